The van der Waals surface area contributed by atoms with E-state index in [1.54, 1.807) is 7.11 Å². The van der Waals surface area contributed by atoms with Crippen LogP contribution >= 0.6 is 0 Å². The van der Waals surface area contributed by atoms with Crippen LogP contribution in [0.5, 0.6) is 5.75 Å². The molecule has 0 saturated heterocycles. The van der Waals surface area contributed by atoms with Gasteiger partial charge in [-0.05, 0) is 37.3 Å². The van der Waals surface area contributed by atoms with E-state index in [0.29, 0.717) is 12.8 Å². The van der Waals surface area contributed by atoms with Gasteiger partial charge in [-0.1, -0.05) is 12.1 Å². The van der Waals surface area contributed by atoms with Crippen LogP contribution in [0.4, 0.5) is 0 Å². The summed E-state index contributed by atoms with van der Waals surface area (Å²) in [6.45, 7) is 6.29. The Morgan fingerprint density at radius 3 is 2.33 bits per heavy atom. The molecule has 1 unspecified atom stereocenters. The molecule has 18 heavy (non-hydrogen) atoms. The topological polar surface area (TPSA) is 47.6 Å². The summed E-state index contributed by atoms with van der Waals surface area (Å²) in [5, 5.41) is 2.72. The molecule has 0 saturated carbocycles. The molecule has 1 N–H and O–H groups in total. The molecule has 0 aliphatic rings. The van der Waals surface area contributed by atoms with Gasteiger partial charge < -0.3 is 14.5 Å². The van der Waals surface area contributed by atoms with Gasteiger partial charge in [-0.3, -0.25) is 4.79 Å². The van der Waals surface area contributed by atoms with Crippen LogP contribution in [0, 0.1) is 0 Å². The third-order valence-electron chi connectivity index (χ3n) is 2.33. The van der Waals surface area contributed by atoms with Crippen LogP contribution in [0.25, 0.3) is 0 Å². The number of carbonyl (C=O) groups excluding carboxylic acids is 1. The van der Waals surface area contributed by atoms with Crippen molar-refractivity contribution in [3.8, 4) is 5.75 Å². The van der Waals surface area contributed by atoms with Gasteiger partial charge >= 0.3 is 0 Å². The van der Waals surface area contributed by atoms with E-state index in [4.69, 9.17) is 9.16 Å². The predicted molar refractivity (Wildman–Crippen MR) is 74.1 cm³/mol. The summed E-state index contributed by atoms with van der Waals surface area (Å²) in [6, 6.07) is 7.77. The first-order chi connectivity index (χ1) is 8.44. The fraction of sp³-hybridized carbons (Fsp3) is 0.462. The molecule has 0 heterocycles. The van der Waals surface area contributed by atoms with Crippen LogP contribution in [0.3, 0.4) is 0 Å². The molecule has 4 nitrogen and oxygen atoms in total. The van der Waals surface area contributed by atoms with Crippen LogP contribution in [0.15, 0.2) is 24.3 Å². The molecule has 1 aromatic carbocycles. The van der Waals surface area contributed by atoms with Crippen LogP contribution in [-0.2, 0) is 15.6 Å². The SMILES string of the molecule is COc1ccc(CC(NC=O)O[Si](C)(C)C)cc1. The maximum atomic E-state index is 10.6. The summed E-state index contributed by atoms with van der Waals surface area (Å²) in [5.41, 5.74) is 1.11. The second-order valence-corrected chi connectivity index (χ2v) is 9.52. The van der Waals surface area contributed by atoms with E-state index in [2.05, 4.69) is 25.0 Å². The zero-order valence-electron chi connectivity index (χ0n) is 11.4. The van der Waals surface area contributed by atoms with E-state index in [0.717, 1.165) is 11.3 Å². The van der Waals surface area contributed by atoms with E-state index in [-0.39, 0.29) is 6.23 Å². The van der Waals surface area contributed by atoms with Crippen LogP contribution in [0.2, 0.25) is 19.6 Å². The number of hydrogen-bond acceptors (Lipinski definition) is 3. The molecule has 1 atom stereocenters. The fourth-order valence-corrected chi connectivity index (χ4v) is 2.62. The van der Waals surface area contributed by atoms with Crippen molar-refractivity contribution >= 4 is 14.7 Å². The number of hydrogen-bond donors (Lipinski definition) is 1. The Bertz CT molecular complexity index is 373. The van der Waals surface area contributed by atoms with Crippen LogP contribution in [0.1, 0.15) is 5.56 Å². The Labute approximate surface area is 109 Å². The van der Waals surface area contributed by atoms with Gasteiger partial charge in [0.2, 0.25) is 6.41 Å². The van der Waals surface area contributed by atoms with E-state index >= 15 is 0 Å². The number of carbonyl (C=O) groups is 1. The minimum Gasteiger partial charge on any atom is -0.497 e. The quantitative estimate of drug-likeness (QED) is 0.468. The Balaban J connectivity index is 2.66. The molecule has 0 aliphatic carbocycles. The second-order valence-electron chi connectivity index (χ2n) is 5.06. The summed E-state index contributed by atoms with van der Waals surface area (Å²) >= 11 is 0. The average molecular weight is 267 g/mol. The standard InChI is InChI=1S/C13H21NO3Si/c1-16-12-7-5-11(6-8-12)9-13(14-10-15)17-18(2,3)4/h5-8,10,13H,9H2,1-4H3,(H,14,15). The summed E-state index contributed by atoms with van der Waals surface area (Å²) in [6.07, 6.45) is 1.09. The molecule has 100 valence electrons. The highest BCUT2D eigenvalue weighted by Gasteiger charge is 2.20. The molecule has 0 bridgehead atoms. The van der Waals surface area contributed by atoms with Gasteiger partial charge in [-0.25, -0.2) is 0 Å². The number of benzene rings is 1. The number of ether oxygens (including phenoxy) is 1. The maximum absolute atomic E-state index is 10.6. The highest BCUT2D eigenvalue weighted by molar-refractivity contribution is 6.69. The van der Waals surface area contributed by atoms with Gasteiger partial charge in [-0.2, -0.15) is 0 Å². The maximum Gasteiger partial charge on any atom is 0.209 e. The first kappa shape index (κ1) is 14.7. The van der Waals surface area contributed by atoms with Crippen molar-refractivity contribution in [3.05, 3.63) is 29.8 Å². The highest BCUT2D eigenvalue weighted by atomic mass is 28.4. The molecular formula is C13H21NO3Si. The molecule has 1 aromatic rings. The van der Waals surface area contributed by atoms with Crippen LogP contribution in [-0.4, -0.2) is 28.1 Å². The van der Waals surface area contributed by atoms with E-state index in [9.17, 15) is 4.79 Å². The van der Waals surface area contributed by atoms with E-state index in [1.165, 1.54) is 0 Å². The van der Waals surface area contributed by atoms with Gasteiger partial charge in [0.1, 0.15) is 12.0 Å². The lowest BCUT2D eigenvalue weighted by atomic mass is 10.1. The van der Waals surface area contributed by atoms with Crippen molar-refractivity contribution in [2.75, 3.05) is 7.11 Å². The Hall–Kier alpha value is -1.33. The highest BCUT2D eigenvalue weighted by Crippen LogP contribution is 2.14. The monoisotopic (exact) mass is 267 g/mol. The zero-order chi connectivity index (χ0) is 13.6. The largest absolute Gasteiger partial charge is 0.497 e. The van der Waals surface area contributed by atoms with Crippen molar-refractivity contribution in [3.63, 3.8) is 0 Å². The average Bonchev–Trinajstić information content (AvgIpc) is 2.28. The number of amides is 1. The van der Waals surface area contributed by atoms with Crippen molar-refractivity contribution in [2.24, 2.45) is 0 Å². The molecule has 0 aromatic heterocycles. The predicted octanol–water partition coefficient (Wildman–Crippen LogP) is 2.16. The Morgan fingerprint density at radius 2 is 1.89 bits per heavy atom. The number of nitrogens with one attached hydrogen (secondary N) is 1. The van der Waals surface area contributed by atoms with Gasteiger partial charge in [-0.15, -0.1) is 0 Å². The Kier molecular flexibility index (Phi) is 5.37. The molecule has 5 heteroatoms. The summed E-state index contributed by atoms with van der Waals surface area (Å²) in [4.78, 5) is 10.6. The smallest absolute Gasteiger partial charge is 0.209 e. The van der Waals surface area contributed by atoms with Crippen molar-refractivity contribution < 1.29 is 14.0 Å². The molecule has 1 rings (SSSR count). The summed E-state index contributed by atoms with van der Waals surface area (Å²) in [7, 11) is -0.0363. The van der Waals surface area contributed by atoms with Gasteiger partial charge in [0.15, 0.2) is 8.32 Å². The van der Waals surface area contributed by atoms with Crippen molar-refractivity contribution in [1.29, 1.82) is 0 Å². The molecule has 1 amide bonds. The third-order valence-corrected chi connectivity index (χ3v) is 3.32. The zero-order valence-corrected chi connectivity index (χ0v) is 12.4. The fourth-order valence-electron chi connectivity index (χ4n) is 1.61. The Morgan fingerprint density at radius 1 is 1.28 bits per heavy atom. The minimum atomic E-state index is -1.68. The van der Waals surface area contributed by atoms with Crippen molar-refractivity contribution in [1.82, 2.24) is 5.32 Å². The van der Waals surface area contributed by atoms with Gasteiger partial charge in [0, 0.05) is 6.42 Å². The molecule has 0 aliphatic heterocycles. The summed E-state index contributed by atoms with van der Waals surface area (Å²) < 4.78 is 11.0. The normalized spacial score (nSPS) is 12.9. The van der Waals surface area contributed by atoms with Gasteiger partial charge in [0.25, 0.3) is 0 Å². The van der Waals surface area contributed by atoms with Crippen LogP contribution < -0.4 is 10.1 Å². The number of rotatable bonds is 7. The lowest BCUT2D eigenvalue weighted by molar-refractivity contribution is -0.111. The number of methoxy groups -OCH3 is 1. The molecule has 0 radical (unpaired) electrons. The molecule has 0 spiro atoms. The van der Waals surface area contributed by atoms with E-state index < -0.39 is 8.32 Å². The van der Waals surface area contributed by atoms with Gasteiger partial charge in [0.05, 0.1) is 7.11 Å². The van der Waals surface area contributed by atoms with E-state index in [1.807, 2.05) is 24.3 Å². The molecule has 0 fully saturated rings. The lowest BCUT2D eigenvalue weighted by Crippen LogP contribution is -2.41. The first-order valence-electron chi connectivity index (χ1n) is 5.95. The van der Waals surface area contributed by atoms with Crippen molar-refractivity contribution in [2.45, 2.75) is 32.3 Å². The summed E-state index contributed by atoms with van der Waals surface area (Å²) in [5.74, 6) is 0.824. The molecular weight excluding hydrogens is 246 g/mol. The second kappa shape index (κ2) is 6.56. The third kappa shape index (κ3) is 5.33. The lowest BCUT2D eigenvalue weighted by Gasteiger charge is -2.26. The first-order valence-corrected chi connectivity index (χ1v) is 9.36. The minimum absolute atomic E-state index is 0.262.